The molecule has 0 saturated heterocycles. The third kappa shape index (κ3) is 9.44. The van der Waals surface area contributed by atoms with Crippen molar-refractivity contribution in [3.63, 3.8) is 0 Å². The zero-order chi connectivity index (χ0) is 0. The maximum atomic E-state index is 0. The number of halogens is 2. The molecule has 0 aromatic carbocycles. The van der Waals surface area contributed by atoms with Crippen LogP contribution in [0.15, 0.2) is 0 Å². The van der Waals surface area contributed by atoms with Gasteiger partial charge in [0.1, 0.15) is 0 Å². The number of hydrogen-bond donors (Lipinski definition) is 0. The van der Waals surface area contributed by atoms with Gasteiger partial charge in [0.25, 0.3) is 0 Å². The summed E-state index contributed by atoms with van der Waals surface area (Å²) in [7, 11) is 0. The second-order valence-electron chi connectivity index (χ2n) is 0. The van der Waals surface area contributed by atoms with Gasteiger partial charge in [-0.3, -0.25) is 0 Å². The van der Waals surface area contributed by atoms with E-state index in [9.17, 15) is 0 Å². The van der Waals surface area contributed by atoms with E-state index in [1.807, 2.05) is 0 Å². The van der Waals surface area contributed by atoms with Crippen molar-refractivity contribution in [3.8, 4) is 0 Å². The molecule has 0 aromatic rings. The van der Waals surface area contributed by atoms with Crippen LogP contribution in [-0.4, -0.2) is 0 Å². The maximum Gasteiger partial charge on any atom is 1.00 e. The summed E-state index contributed by atoms with van der Waals surface area (Å²) in [5.74, 6) is 0. The largest absolute Gasteiger partial charge is 1.00 e. The van der Waals surface area contributed by atoms with Gasteiger partial charge in [0, 0.05) is 0 Å². The van der Waals surface area contributed by atoms with E-state index in [2.05, 4.69) is 0 Å². The summed E-state index contributed by atoms with van der Waals surface area (Å²) in [6.07, 6.45) is 0. The quantitative estimate of drug-likeness (QED) is 0.283. The van der Waals surface area contributed by atoms with E-state index < -0.39 is 0 Å². The molecule has 0 heterocycles. The smallest absolute Gasteiger partial charge is 1.00 e. The first-order valence-corrected chi connectivity index (χ1v) is 0. The first-order chi connectivity index (χ1) is 0. The van der Waals surface area contributed by atoms with E-state index in [1.54, 1.807) is 0 Å². The summed E-state index contributed by atoms with van der Waals surface area (Å²) in [6, 6.07) is 0. The van der Waals surface area contributed by atoms with Gasteiger partial charge in [0.05, 0.1) is 0 Å². The fraction of sp³-hybridized carbons (Fsp3) is 0. The van der Waals surface area contributed by atoms with Gasteiger partial charge >= 0.3 is 87.8 Å². The summed E-state index contributed by atoms with van der Waals surface area (Å²) < 4.78 is 0. The van der Waals surface area contributed by atoms with Crippen LogP contribution in [0.25, 0.3) is 0 Å². The zero-order valence-electron chi connectivity index (χ0n) is 2.76. The van der Waals surface area contributed by atoms with Crippen LogP contribution in [0.5, 0.6) is 0 Å². The van der Waals surface area contributed by atoms with Crippen LogP contribution in [0.2, 0.25) is 0 Å². The average Bonchev–Trinajstić information content (AvgIpc) is 0. The molecule has 0 aliphatic heterocycles. The molecule has 0 nitrogen and oxygen atoms in total. The van der Waals surface area contributed by atoms with E-state index >= 15 is 0 Å². The minimum absolute atomic E-state index is 0. The van der Waals surface area contributed by atoms with Gasteiger partial charge in [-0.2, -0.15) is 0 Å². The van der Waals surface area contributed by atoms with E-state index in [0.29, 0.717) is 0 Å². The molecule has 0 aliphatic carbocycles. The predicted octanol–water partition coefficient (Wildman–Crippen LogP) is -12.0. The molecular weight excluding hydrogens is 394 g/mol. The molecule has 0 spiro atoms. The molecule has 0 aromatic heterocycles. The van der Waals surface area contributed by atoms with Crippen molar-refractivity contribution in [2.75, 3.05) is 0 Å². The van der Waals surface area contributed by atoms with Gasteiger partial charge in [0.15, 0.2) is 0 Å². The van der Waals surface area contributed by atoms with Crippen molar-refractivity contribution in [2.45, 2.75) is 0 Å². The Morgan fingerprint density at radius 1 is 0.750 bits per heavy atom. The summed E-state index contributed by atoms with van der Waals surface area (Å²) in [5, 5.41) is 0. The molecule has 0 saturated carbocycles. The van der Waals surface area contributed by atoms with Gasteiger partial charge in [-0.25, -0.2) is 0 Å². The maximum absolute atomic E-state index is 0. The van der Waals surface area contributed by atoms with Crippen LogP contribution in [0, 0.1) is 0 Å². The molecule has 0 radical (unpaired) electrons. The first-order valence-electron chi connectivity index (χ1n) is 0. The Kier molecular flexibility index (Phi) is 95.3. The second kappa shape index (κ2) is 15.7. The van der Waals surface area contributed by atoms with Crippen LogP contribution in [0.4, 0.5) is 0 Å². The fourth-order valence-electron chi connectivity index (χ4n) is 0. The molecule has 0 rings (SSSR count). The Hall–Kier alpha value is 4.11. The van der Waals surface area contributed by atoms with Crippen molar-refractivity contribution in [1.82, 2.24) is 0 Å². The van der Waals surface area contributed by atoms with E-state index in [-0.39, 0.29) is 136 Å². The summed E-state index contributed by atoms with van der Waals surface area (Å²) >= 11 is 0. The van der Waals surface area contributed by atoms with E-state index in [0.717, 1.165) is 0 Å². The average molecular weight is 394 g/mol. The van der Waals surface area contributed by atoms with Crippen LogP contribution in [-0.2, 0) is 0 Å². The number of rotatable bonds is 0. The van der Waals surface area contributed by atoms with E-state index in [1.165, 1.54) is 0 Å². The Balaban J connectivity index is 0. The molecular formula is CsI2Li. The van der Waals surface area contributed by atoms with Crippen molar-refractivity contribution in [2.24, 2.45) is 0 Å². The van der Waals surface area contributed by atoms with Crippen molar-refractivity contribution in [1.29, 1.82) is 0 Å². The van der Waals surface area contributed by atoms with Crippen LogP contribution >= 0.6 is 0 Å². The van der Waals surface area contributed by atoms with Gasteiger partial charge < -0.3 is 48.0 Å². The van der Waals surface area contributed by atoms with Gasteiger partial charge in [-0.05, 0) is 0 Å². The zero-order valence-corrected chi connectivity index (χ0v) is 13.4. The minimum Gasteiger partial charge on any atom is -1.00 e. The summed E-state index contributed by atoms with van der Waals surface area (Å²) in [5.41, 5.74) is 0. The van der Waals surface area contributed by atoms with Gasteiger partial charge in [0.2, 0.25) is 0 Å². The van der Waals surface area contributed by atoms with Crippen LogP contribution in [0.3, 0.4) is 0 Å². The number of hydrogen-bond acceptors (Lipinski definition) is 0. The molecule has 0 atom stereocenters. The van der Waals surface area contributed by atoms with Gasteiger partial charge in [-0.15, -0.1) is 0 Å². The Morgan fingerprint density at radius 3 is 0.750 bits per heavy atom. The van der Waals surface area contributed by atoms with Crippen molar-refractivity contribution in [3.05, 3.63) is 0 Å². The SMILES string of the molecule is [Cs+].[I-].[I-].[Li+]. The predicted molar refractivity (Wildman–Crippen MR) is 0 cm³/mol. The van der Waals surface area contributed by atoms with Crippen molar-refractivity contribution < 1.29 is 136 Å². The van der Waals surface area contributed by atoms with Crippen molar-refractivity contribution >= 4 is 0 Å². The molecule has 0 amide bonds. The van der Waals surface area contributed by atoms with Crippen LogP contribution < -0.4 is 136 Å². The Morgan fingerprint density at radius 2 is 0.750 bits per heavy atom. The minimum atomic E-state index is 0. The standard InChI is InChI=1S/Cs.2HI.Li/h;2*1H;/q+1;;;+1/p-2. The summed E-state index contributed by atoms with van der Waals surface area (Å²) in [4.78, 5) is 0. The topological polar surface area (TPSA) is 0 Å². The molecule has 0 aliphatic rings. The van der Waals surface area contributed by atoms with Gasteiger partial charge in [-0.1, -0.05) is 0 Å². The molecule has 16 valence electrons. The molecule has 4 heavy (non-hydrogen) atoms. The third-order valence-corrected chi connectivity index (χ3v) is 0. The molecule has 0 N–H and O–H groups in total. The van der Waals surface area contributed by atoms with E-state index in [4.69, 9.17) is 0 Å². The molecule has 0 fully saturated rings. The monoisotopic (exact) mass is 394 g/mol. The molecule has 0 unspecified atom stereocenters. The molecule has 4 heteroatoms. The van der Waals surface area contributed by atoms with Crippen LogP contribution in [0.1, 0.15) is 0 Å². The third-order valence-electron chi connectivity index (χ3n) is 0. The Labute approximate surface area is 131 Å². The fourth-order valence-corrected chi connectivity index (χ4v) is 0. The molecule has 0 bridgehead atoms. The summed E-state index contributed by atoms with van der Waals surface area (Å²) in [6.45, 7) is 0. The second-order valence-corrected chi connectivity index (χ2v) is 0. The normalized spacial score (nSPS) is 0. The Bertz CT molecular complexity index is 6.00. The first kappa shape index (κ1) is 24.3.